The van der Waals surface area contributed by atoms with Gasteiger partial charge in [0.15, 0.2) is 11.5 Å². The summed E-state index contributed by atoms with van der Waals surface area (Å²) in [6, 6.07) is 10.8. The molecule has 0 radical (unpaired) electrons. The highest BCUT2D eigenvalue weighted by Gasteiger charge is 2.26. The van der Waals surface area contributed by atoms with Crippen LogP contribution in [0, 0.1) is 0 Å². The van der Waals surface area contributed by atoms with Crippen molar-refractivity contribution in [3.8, 4) is 17.1 Å². The number of unbranched alkanes of at least 4 members (excludes halogenated alkanes) is 1. The molecule has 0 amide bonds. The number of aromatic nitrogens is 4. The molecular formula is C30H40N6OS. The Hall–Kier alpha value is -3.13. The van der Waals surface area contributed by atoms with Crippen LogP contribution in [-0.2, 0) is 5.41 Å². The van der Waals surface area contributed by atoms with Crippen LogP contribution in [-0.4, -0.2) is 53.1 Å². The van der Waals surface area contributed by atoms with Crippen molar-refractivity contribution in [2.24, 2.45) is 0 Å². The SMILES string of the molecule is CCCCN(CC)c1ccc(C=c2c(C(C)(C)C)nn3c(-c4cc(N5CCCC5)ccc4OC)nnc23)s1. The lowest BCUT2D eigenvalue weighted by Crippen LogP contribution is -2.22. The van der Waals surface area contributed by atoms with Gasteiger partial charge < -0.3 is 14.5 Å². The van der Waals surface area contributed by atoms with Gasteiger partial charge in [0, 0.05) is 47.4 Å². The van der Waals surface area contributed by atoms with E-state index in [-0.39, 0.29) is 5.41 Å². The standard InChI is InChI=1S/C30H40N6OS/c1-7-9-16-34(8-2)26-15-13-22(38-26)20-24-27(30(3,4)5)33-36-28(31-32-29(24)36)23-19-21(12-14-25(23)37-6)35-17-10-11-18-35/h12-15,19-20H,7-11,16-18H2,1-6H3. The zero-order valence-electron chi connectivity index (χ0n) is 23.6. The average molecular weight is 533 g/mol. The van der Waals surface area contributed by atoms with E-state index in [1.807, 2.05) is 21.9 Å². The number of fused-ring (bicyclic) bond motifs is 1. The van der Waals surface area contributed by atoms with Crippen molar-refractivity contribution in [3.05, 3.63) is 46.1 Å². The lowest BCUT2D eigenvalue weighted by atomic mass is 9.91. The summed E-state index contributed by atoms with van der Waals surface area (Å²) in [4.78, 5) is 6.09. The lowest BCUT2D eigenvalue weighted by Gasteiger charge is -2.20. The molecule has 4 heterocycles. The quantitative estimate of drug-likeness (QED) is 0.266. The van der Waals surface area contributed by atoms with E-state index in [1.54, 1.807) is 7.11 Å². The van der Waals surface area contributed by atoms with E-state index in [9.17, 15) is 0 Å². The Labute approximate surface area is 230 Å². The van der Waals surface area contributed by atoms with Crippen LogP contribution in [0.2, 0.25) is 0 Å². The molecule has 7 nitrogen and oxygen atoms in total. The Morgan fingerprint density at radius 3 is 2.55 bits per heavy atom. The van der Waals surface area contributed by atoms with Crippen molar-refractivity contribution in [2.45, 2.75) is 65.7 Å². The van der Waals surface area contributed by atoms with Crippen LogP contribution in [0.5, 0.6) is 5.75 Å². The molecular weight excluding hydrogens is 492 g/mol. The molecule has 1 saturated heterocycles. The molecule has 0 unspecified atom stereocenters. The number of hydrogen-bond donors (Lipinski definition) is 0. The highest BCUT2D eigenvalue weighted by atomic mass is 32.1. The van der Waals surface area contributed by atoms with Crippen LogP contribution in [0.4, 0.5) is 10.7 Å². The van der Waals surface area contributed by atoms with Crippen LogP contribution in [0.3, 0.4) is 0 Å². The van der Waals surface area contributed by atoms with Gasteiger partial charge in [-0.1, -0.05) is 34.1 Å². The predicted molar refractivity (Wildman–Crippen MR) is 159 cm³/mol. The number of ether oxygens (including phenoxy) is 1. The molecule has 0 N–H and O–H groups in total. The summed E-state index contributed by atoms with van der Waals surface area (Å²) in [6.45, 7) is 15.4. The van der Waals surface area contributed by atoms with E-state index in [1.165, 1.54) is 41.2 Å². The molecule has 0 saturated carbocycles. The molecule has 202 valence electrons. The minimum Gasteiger partial charge on any atom is -0.496 e. The van der Waals surface area contributed by atoms with E-state index in [0.717, 1.165) is 54.1 Å². The number of anilines is 2. The van der Waals surface area contributed by atoms with E-state index in [4.69, 9.17) is 9.84 Å². The smallest absolute Gasteiger partial charge is 0.189 e. The van der Waals surface area contributed by atoms with Crippen molar-refractivity contribution < 1.29 is 4.74 Å². The molecule has 3 aromatic heterocycles. The van der Waals surface area contributed by atoms with Crippen molar-refractivity contribution in [1.82, 2.24) is 19.8 Å². The first kappa shape index (κ1) is 26.5. The van der Waals surface area contributed by atoms with Gasteiger partial charge in [0.25, 0.3) is 0 Å². The van der Waals surface area contributed by atoms with Crippen LogP contribution < -0.4 is 19.8 Å². The average Bonchev–Trinajstić information content (AvgIpc) is 3.70. The number of thiophene rings is 1. The largest absolute Gasteiger partial charge is 0.496 e. The topological polar surface area (TPSA) is 58.8 Å². The summed E-state index contributed by atoms with van der Waals surface area (Å²) in [5, 5.41) is 16.8. The predicted octanol–water partition coefficient (Wildman–Crippen LogP) is 5.93. The second kappa shape index (κ2) is 10.9. The number of benzene rings is 1. The number of methoxy groups -OCH3 is 1. The fraction of sp³-hybridized carbons (Fsp3) is 0.500. The first-order valence-corrected chi connectivity index (χ1v) is 14.7. The third kappa shape index (κ3) is 5.10. The molecule has 0 aliphatic carbocycles. The Kier molecular flexibility index (Phi) is 7.61. The third-order valence-electron chi connectivity index (χ3n) is 7.32. The maximum absolute atomic E-state index is 5.76. The van der Waals surface area contributed by atoms with Gasteiger partial charge in [-0.25, -0.2) is 0 Å². The molecule has 8 heteroatoms. The highest BCUT2D eigenvalue weighted by Crippen LogP contribution is 2.34. The summed E-state index contributed by atoms with van der Waals surface area (Å²) >= 11 is 1.83. The first-order valence-electron chi connectivity index (χ1n) is 13.9. The molecule has 5 rings (SSSR count). The van der Waals surface area contributed by atoms with Crippen molar-refractivity contribution in [3.63, 3.8) is 0 Å². The van der Waals surface area contributed by atoms with Crippen LogP contribution in [0.25, 0.3) is 23.1 Å². The van der Waals surface area contributed by atoms with Crippen molar-refractivity contribution in [2.75, 3.05) is 43.1 Å². The monoisotopic (exact) mass is 532 g/mol. The molecule has 1 fully saturated rings. The Morgan fingerprint density at radius 1 is 1.08 bits per heavy atom. The summed E-state index contributed by atoms with van der Waals surface area (Å²) in [7, 11) is 1.71. The van der Waals surface area contributed by atoms with Gasteiger partial charge in [-0.3, -0.25) is 0 Å². The fourth-order valence-corrected chi connectivity index (χ4v) is 6.24. The zero-order chi connectivity index (χ0) is 26.9. The minimum absolute atomic E-state index is 0.151. The zero-order valence-corrected chi connectivity index (χ0v) is 24.4. The maximum Gasteiger partial charge on any atom is 0.189 e. The van der Waals surface area contributed by atoms with Gasteiger partial charge in [-0.15, -0.1) is 21.5 Å². The van der Waals surface area contributed by atoms with E-state index in [0.29, 0.717) is 5.82 Å². The number of rotatable bonds is 9. The molecule has 0 atom stereocenters. The second-order valence-corrected chi connectivity index (χ2v) is 12.2. The molecule has 1 aliphatic heterocycles. The minimum atomic E-state index is -0.151. The van der Waals surface area contributed by atoms with Crippen molar-refractivity contribution in [1.29, 1.82) is 0 Å². The molecule has 1 aliphatic rings. The fourth-order valence-electron chi connectivity index (χ4n) is 5.20. The molecule has 1 aromatic carbocycles. The van der Waals surface area contributed by atoms with Crippen molar-refractivity contribution >= 4 is 33.7 Å². The molecule has 0 spiro atoms. The molecule has 4 aromatic rings. The summed E-state index contributed by atoms with van der Waals surface area (Å²) in [5.41, 5.74) is 3.77. The highest BCUT2D eigenvalue weighted by molar-refractivity contribution is 7.16. The molecule has 38 heavy (non-hydrogen) atoms. The number of hydrogen-bond acceptors (Lipinski definition) is 7. The third-order valence-corrected chi connectivity index (χ3v) is 8.41. The van der Waals surface area contributed by atoms with Crippen LogP contribution in [0.15, 0.2) is 30.3 Å². The second-order valence-electron chi connectivity index (χ2n) is 11.1. The summed E-state index contributed by atoms with van der Waals surface area (Å²) < 4.78 is 7.67. The Balaban J connectivity index is 1.61. The lowest BCUT2D eigenvalue weighted by molar-refractivity contribution is 0.416. The van der Waals surface area contributed by atoms with Gasteiger partial charge in [-0.05, 0) is 62.6 Å². The van der Waals surface area contributed by atoms with E-state index < -0.39 is 0 Å². The van der Waals surface area contributed by atoms with Gasteiger partial charge in [0.1, 0.15) is 5.75 Å². The van der Waals surface area contributed by atoms with Gasteiger partial charge >= 0.3 is 0 Å². The Morgan fingerprint density at radius 2 is 1.87 bits per heavy atom. The van der Waals surface area contributed by atoms with Crippen LogP contribution in [0.1, 0.15) is 70.9 Å². The van der Waals surface area contributed by atoms with Gasteiger partial charge in [0.05, 0.1) is 23.4 Å². The van der Waals surface area contributed by atoms with E-state index >= 15 is 0 Å². The summed E-state index contributed by atoms with van der Waals surface area (Å²) in [5.74, 6) is 1.49. The maximum atomic E-state index is 5.76. The van der Waals surface area contributed by atoms with Crippen LogP contribution >= 0.6 is 11.3 Å². The normalized spacial score (nSPS) is 14.7. The Bertz CT molecular complexity index is 1440. The van der Waals surface area contributed by atoms with E-state index in [2.05, 4.69) is 85.0 Å². The summed E-state index contributed by atoms with van der Waals surface area (Å²) in [6.07, 6.45) is 7.11. The van der Waals surface area contributed by atoms with Gasteiger partial charge in [-0.2, -0.15) is 9.61 Å². The first-order chi connectivity index (χ1) is 18.3. The van der Waals surface area contributed by atoms with Gasteiger partial charge in [0.2, 0.25) is 0 Å². The number of nitrogens with zero attached hydrogens (tertiary/aromatic N) is 6. The molecule has 0 bridgehead atoms.